The van der Waals surface area contributed by atoms with Gasteiger partial charge in [-0.2, -0.15) is 0 Å². The Morgan fingerprint density at radius 1 is 1.47 bits per heavy atom. The number of carboxylic acid groups (broad SMARTS) is 1. The van der Waals surface area contributed by atoms with Crippen molar-refractivity contribution in [3.05, 3.63) is 0 Å². The van der Waals surface area contributed by atoms with E-state index in [9.17, 15) is 25.2 Å². The van der Waals surface area contributed by atoms with Gasteiger partial charge in [0.05, 0.1) is 18.8 Å². The first-order valence-corrected chi connectivity index (χ1v) is 5.71. The summed E-state index contributed by atoms with van der Waals surface area (Å²) in [6.45, 7) is 0.411. The van der Waals surface area contributed by atoms with Gasteiger partial charge in [-0.3, -0.25) is 0 Å². The molecule has 9 heteroatoms. The number of rotatable bonds is 4. The van der Waals surface area contributed by atoms with Crippen LogP contribution in [0.25, 0.3) is 0 Å². The van der Waals surface area contributed by atoms with Crippen LogP contribution in [-0.4, -0.2) is 79.5 Å². The number of hydrogen-bond acceptors (Lipinski definition) is 8. The Kier molecular flexibility index (Phi) is 4.85. The van der Waals surface area contributed by atoms with E-state index in [0.29, 0.717) is 0 Å². The van der Waals surface area contributed by atoms with E-state index in [0.717, 1.165) is 0 Å². The molecule has 1 aliphatic heterocycles. The molecule has 0 saturated carbocycles. The van der Waals surface area contributed by atoms with Gasteiger partial charge in [-0.15, -0.1) is 0 Å². The van der Waals surface area contributed by atoms with Crippen LogP contribution in [0.1, 0.15) is 6.92 Å². The molecule has 0 amide bonds. The lowest BCUT2D eigenvalue weighted by atomic mass is 9.82. The Morgan fingerprint density at radius 3 is 2.42 bits per heavy atom. The lowest BCUT2D eigenvalue weighted by Gasteiger charge is -2.46. The zero-order chi connectivity index (χ0) is 15.0. The summed E-state index contributed by atoms with van der Waals surface area (Å²) in [7, 11) is 0. The third-order valence-electron chi connectivity index (χ3n) is 3.44. The van der Waals surface area contributed by atoms with Crippen LogP contribution in [-0.2, 0) is 9.53 Å². The molecule has 0 aromatic rings. The van der Waals surface area contributed by atoms with Gasteiger partial charge >= 0.3 is 5.97 Å². The van der Waals surface area contributed by atoms with E-state index in [1.54, 1.807) is 0 Å². The average Bonchev–Trinajstić information content (AvgIpc) is 2.38. The monoisotopic (exact) mass is 281 g/mol. The van der Waals surface area contributed by atoms with E-state index < -0.39 is 54.7 Å². The van der Waals surface area contributed by atoms with E-state index in [4.69, 9.17) is 20.7 Å². The third-order valence-corrected chi connectivity index (χ3v) is 3.44. The maximum Gasteiger partial charge on any atom is 0.364 e. The van der Waals surface area contributed by atoms with Crippen molar-refractivity contribution in [3.63, 3.8) is 0 Å². The molecule has 0 aliphatic carbocycles. The van der Waals surface area contributed by atoms with Crippen LogP contribution in [0.5, 0.6) is 0 Å². The summed E-state index contributed by atoms with van der Waals surface area (Å²) in [6.07, 6.45) is -6.42. The molecule has 9 nitrogen and oxygen atoms in total. The van der Waals surface area contributed by atoms with E-state index in [1.807, 2.05) is 0 Å². The first kappa shape index (κ1) is 16.2. The van der Waals surface area contributed by atoms with Crippen LogP contribution in [0.4, 0.5) is 0 Å². The zero-order valence-corrected chi connectivity index (χ0v) is 10.2. The van der Waals surface area contributed by atoms with Gasteiger partial charge in [-0.25, -0.2) is 4.79 Å². The molecule has 1 heterocycles. The number of aliphatic hydroxyl groups is 5. The fourth-order valence-corrected chi connectivity index (χ4v) is 2.02. The lowest BCUT2D eigenvalue weighted by Crippen LogP contribution is -2.69. The number of carbonyl (C=O) groups is 1. The highest BCUT2D eigenvalue weighted by Gasteiger charge is 2.57. The predicted octanol–water partition coefficient (Wildman–Crippen LogP) is -3.80. The second-order valence-electron chi connectivity index (χ2n) is 4.68. The quantitative estimate of drug-likeness (QED) is 0.272. The summed E-state index contributed by atoms with van der Waals surface area (Å²) in [6, 6.07) is -1.23. The summed E-state index contributed by atoms with van der Waals surface area (Å²) in [4.78, 5) is 11.0. The normalized spacial score (nSPS) is 42.7. The molecule has 112 valence electrons. The van der Waals surface area contributed by atoms with Crippen molar-refractivity contribution in [1.82, 2.24) is 0 Å². The Bertz CT molecular complexity index is 335. The fourth-order valence-electron chi connectivity index (χ4n) is 2.02. The van der Waals surface area contributed by atoms with Crippen molar-refractivity contribution in [1.29, 1.82) is 0 Å². The molecule has 19 heavy (non-hydrogen) atoms. The molecule has 1 unspecified atom stereocenters. The average molecular weight is 281 g/mol. The summed E-state index contributed by atoms with van der Waals surface area (Å²) in [5.41, 5.74) is 5.60. The Morgan fingerprint density at radius 2 is 2.00 bits per heavy atom. The summed E-state index contributed by atoms with van der Waals surface area (Å²) < 4.78 is 4.86. The van der Waals surface area contributed by atoms with Crippen LogP contribution < -0.4 is 5.73 Å². The highest BCUT2D eigenvalue weighted by Crippen LogP contribution is 2.34. The van der Waals surface area contributed by atoms with Gasteiger partial charge in [0.2, 0.25) is 0 Å². The smallest absolute Gasteiger partial charge is 0.364 e. The molecular formula is C10H19NO8. The Hall–Kier alpha value is -0.810. The van der Waals surface area contributed by atoms with Gasteiger partial charge in [0, 0.05) is 5.92 Å². The lowest BCUT2D eigenvalue weighted by molar-refractivity contribution is -0.315. The summed E-state index contributed by atoms with van der Waals surface area (Å²) in [5, 5.41) is 56.4. The van der Waals surface area contributed by atoms with Crippen LogP contribution in [0.3, 0.4) is 0 Å². The molecular weight excluding hydrogens is 262 g/mol. The van der Waals surface area contributed by atoms with Gasteiger partial charge in [-0.05, 0) is 0 Å². The van der Waals surface area contributed by atoms with Crippen molar-refractivity contribution in [3.8, 4) is 0 Å². The molecule has 1 fully saturated rings. The second kappa shape index (κ2) is 5.67. The molecule has 7 atom stereocenters. The third kappa shape index (κ3) is 2.72. The van der Waals surface area contributed by atoms with Crippen molar-refractivity contribution >= 4 is 5.97 Å². The van der Waals surface area contributed by atoms with E-state index >= 15 is 0 Å². The fraction of sp³-hybridized carbons (Fsp3) is 0.900. The first-order valence-electron chi connectivity index (χ1n) is 5.71. The maximum atomic E-state index is 11.0. The number of aliphatic carboxylic acids is 1. The minimum absolute atomic E-state index is 0.815. The van der Waals surface area contributed by atoms with E-state index in [2.05, 4.69) is 0 Å². The first-order chi connectivity index (χ1) is 8.66. The highest BCUT2D eigenvalue weighted by atomic mass is 16.7. The van der Waals surface area contributed by atoms with Crippen LogP contribution >= 0.6 is 0 Å². The minimum Gasteiger partial charge on any atom is -0.477 e. The number of ether oxygens (including phenoxy) is 1. The molecule has 0 aromatic carbocycles. The van der Waals surface area contributed by atoms with Gasteiger partial charge in [0.15, 0.2) is 0 Å². The second-order valence-corrected chi connectivity index (χ2v) is 4.68. The van der Waals surface area contributed by atoms with Crippen molar-refractivity contribution < 1.29 is 40.2 Å². The number of carboxylic acids is 1. The molecule has 1 rings (SSSR count). The number of nitrogens with two attached hydrogens (primary N) is 1. The van der Waals surface area contributed by atoms with Gasteiger partial charge in [-0.1, -0.05) is 6.92 Å². The van der Waals surface area contributed by atoms with Crippen molar-refractivity contribution in [2.24, 2.45) is 11.7 Å². The Balaban J connectivity index is 3.04. The molecule has 0 aromatic heterocycles. The maximum absolute atomic E-state index is 11.0. The largest absolute Gasteiger partial charge is 0.477 e. The molecule has 1 saturated heterocycles. The molecule has 0 radical (unpaired) electrons. The minimum atomic E-state index is -2.74. The highest BCUT2D eigenvalue weighted by molar-refractivity contribution is 5.76. The van der Waals surface area contributed by atoms with E-state index in [1.165, 1.54) is 6.92 Å². The van der Waals surface area contributed by atoms with Gasteiger partial charge < -0.3 is 41.1 Å². The van der Waals surface area contributed by atoms with Crippen LogP contribution in [0.2, 0.25) is 0 Å². The van der Waals surface area contributed by atoms with Crippen LogP contribution in [0.15, 0.2) is 0 Å². The predicted molar refractivity (Wildman–Crippen MR) is 59.7 cm³/mol. The molecule has 1 aliphatic rings. The topological polar surface area (TPSA) is 174 Å². The summed E-state index contributed by atoms with van der Waals surface area (Å²) in [5.74, 6) is -5.73. The van der Waals surface area contributed by atoms with Gasteiger partial charge in [0.1, 0.15) is 18.3 Å². The summed E-state index contributed by atoms with van der Waals surface area (Å²) >= 11 is 0. The zero-order valence-electron chi connectivity index (χ0n) is 10.2. The number of hydrogen-bond donors (Lipinski definition) is 7. The van der Waals surface area contributed by atoms with Crippen molar-refractivity contribution in [2.75, 3.05) is 6.61 Å². The SMILES string of the molecule is CC1[C@H](O)[C@@H](N)[C@H]([C@H](O)[C@H](O)CO)O[C@]1(O)C(=O)O. The van der Waals surface area contributed by atoms with Crippen molar-refractivity contribution in [2.45, 2.75) is 43.2 Å². The van der Waals surface area contributed by atoms with Crippen LogP contribution in [0, 0.1) is 5.92 Å². The standard InChI is InChI=1S/C10H19NO8/c1-3-6(14)5(11)8(7(15)4(13)2-12)19-10(3,18)9(16)17/h3-8,12-15,18H,2,11H2,1H3,(H,16,17)/t3?,4-,5-,6+,7-,8-,10+/m1/s1. The van der Waals surface area contributed by atoms with Gasteiger partial charge in [0.25, 0.3) is 5.79 Å². The number of aliphatic hydroxyl groups excluding tert-OH is 4. The van der Waals surface area contributed by atoms with E-state index in [-0.39, 0.29) is 0 Å². The molecule has 8 N–H and O–H groups in total. The molecule has 0 spiro atoms. The Labute approximate surface area is 108 Å². The molecule has 0 bridgehead atoms.